The number of ether oxygens (including phenoxy) is 2. The molecule has 0 radical (unpaired) electrons. The number of esters is 1. The van der Waals surface area contributed by atoms with Crippen molar-refractivity contribution in [1.82, 2.24) is 18.9 Å². The van der Waals surface area contributed by atoms with Crippen LogP contribution in [0.2, 0.25) is 0 Å². The Morgan fingerprint density at radius 1 is 1.24 bits per heavy atom. The van der Waals surface area contributed by atoms with E-state index in [1.165, 1.54) is 0 Å². The van der Waals surface area contributed by atoms with Crippen LogP contribution in [0.1, 0.15) is 38.9 Å². The molecule has 7 nitrogen and oxygen atoms in total. The van der Waals surface area contributed by atoms with Gasteiger partial charge in [0.05, 0.1) is 23.7 Å². The Balaban J connectivity index is 1.80. The SMILES string of the molecule is CCC(=O)Oc1cn(C[C@H]2CCCO2)c2nc(CC)n3c4ccccc4nc3c12. The number of imidazole rings is 1. The third-order valence-electron chi connectivity index (χ3n) is 5.55. The maximum atomic E-state index is 12.1. The van der Waals surface area contributed by atoms with Crippen molar-refractivity contribution in [1.29, 1.82) is 0 Å². The van der Waals surface area contributed by atoms with E-state index in [1.54, 1.807) is 6.92 Å². The van der Waals surface area contributed by atoms with Crippen LogP contribution in [0.15, 0.2) is 30.5 Å². The van der Waals surface area contributed by atoms with Crippen LogP contribution in [-0.2, 0) is 22.5 Å². The molecule has 1 fully saturated rings. The topological polar surface area (TPSA) is 70.7 Å². The van der Waals surface area contributed by atoms with E-state index in [-0.39, 0.29) is 12.1 Å². The second-order valence-electron chi connectivity index (χ2n) is 7.45. The molecule has 1 aliphatic rings. The number of para-hydroxylation sites is 2. The van der Waals surface area contributed by atoms with E-state index in [4.69, 9.17) is 19.4 Å². The maximum Gasteiger partial charge on any atom is 0.310 e. The molecule has 4 aromatic rings. The van der Waals surface area contributed by atoms with Gasteiger partial charge in [0.15, 0.2) is 11.4 Å². The highest BCUT2D eigenvalue weighted by molar-refractivity contribution is 6.00. The highest BCUT2D eigenvalue weighted by Gasteiger charge is 2.24. The van der Waals surface area contributed by atoms with Crippen molar-refractivity contribution in [2.75, 3.05) is 6.61 Å². The minimum Gasteiger partial charge on any atom is -0.424 e. The van der Waals surface area contributed by atoms with Crippen molar-refractivity contribution >= 4 is 33.7 Å². The van der Waals surface area contributed by atoms with Gasteiger partial charge >= 0.3 is 5.97 Å². The summed E-state index contributed by atoms with van der Waals surface area (Å²) in [6.45, 7) is 5.37. The molecule has 1 saturated heterocycles. The summed E-state index contributed by atoms with van der Waals surface area (Å²) in [5.74, 6) is 1.18. The predicted molar refractivity (Wildman–Crippen MR) is 110 cm³/mol. The van der Waals surface area contributed by atoms with Crippen LogP contribution >= 0.6 is 0 Å². The number of hydrogen-bond donors (Lipinski definition) is 0. The van der Waals surface area contributed by atoms with Gasteiger partial charge in [0, 0.05) is 25.6 Å². The van der Waals surface area contributed by atoms with Crippen molar-refractivity contribution in [3.8, 4) is 5.75 Å². The minimum atomic E-state index is -0.269. The molecule has 1 aromatic carbocycles. The highest BCUT2D eigenvalue weighted by Crippen LogP contribution is 2.34. The van der Waals surface area contributed by atoms with Crippen molar-refractivity contribution in [3.05, 3.63) is 36.3 Å². The lowest BCUT2D eigenvalue weighted by molar-refractivity contribution is -0.133. The lowest BCUT2D eigenvalue weighted by atomic mass is 10.2. The highest BCUT2D eigenvalue weighted by atomic mass is 16.5. The fourth-order valence-corrected chi connectivity index (χ4v) is 4.13. The average molecular weight is 392 g/mol. The molecule has 29 heavy (non-hydrogen) atoms. The molecule has 0 spiro atoms. The number of rotatable bonds is 5. The second kappa shape index (κ2) is 7.15. The van der Waals surface area contributed by atoms with Gasteiger partial charge in [0.1, 0.15) is 16.9 Å². The molecule has 0 amide bonds. The molecule has 1 aliphatic heterocycles. The number of aromatic nitrogens is 4. The summed E-state index contributed by atoms with van der Waals surface area (Å²) in [7, 11) is 0. The number of aryl methyl sites for hydroxylation is 1. The van der Waals surface area contributed by atoms with Crippen LogP contribution in [-0.4, -0.2) is 37.6 Å². The largest absolute Gasteiger partial charge is 0.424 e. The normalized spacial score (nSPS) is 17.0. The summed E-state index contributed by atoms with van der Waals surface area (Å²) in [4.78, 5) is 22.0. The third kappa shape index (κ3) is 2.97. The minimum absolute atomic E-state index is 0.155. The molecule has 0 saturated carbocycles. The quantitative estimate of drug-likeness (QED) is 0.482. The van der Waals surface area contributed by atoms with E-state index in [0.717, 1.165) is 59.4 Å². The summed E-state index contributed by atoms with van der Waals surface area (Å²) in [6.07, 6.45) is 5.21. The molecule has 3 aromatic heterocycles. The molecule has 150 valence electrons. The molecule has 4 heterocycles. The van der Waals surface area contributed by atoms with Gasteiger partial charge in [0.25, 0.3) is 0 Å². The Morgan fingerprint density at radius 2 is 2.10 bits per heavy atom. The Labute approximate surface area is 168 Å². The van der Waals surface area contributed by atoms with Gasteiger partial charge < -0.3 is 14.0 Å². The van der Waals surface area contributed by atoms with Gasteiger partial charge in [-0.05, 0) is 25.0 Å². The molecule has 0 N–H and O–H groups in total. The fourth-order valence-electron chi connectivity index (χ4n) is 4.13. The smallest absolute Gasteiger partial charge is 0.310 e. The first-order valence-electron chi connectivity index (χ1n) is 10.3. The first-order valence-corrected chi connectivity index (χ1v) is 10.3. The zero-order chi connectivity index (χ0) is 20.0. The van der Waals surface area contributed by atoms with Crippen molar-refractivity contribution in [2.24, 2.45) is 0 Å². The number of fused-ring (bicyclic) bond motifs is 5. The van der Waals surface area contributed by atoms with E-state index in [2.05, 4.69) is 15.9 Å². The van der Waals surface area contributed by atoms with Crippen molar-refractivity contribution in [3.63, 3.8) is 0 Å². The Kier molecular flexibility index (Phi) is 4.47. The number of carbonyl (C=O) groups is 1. The van der Waals surface area contributed by atoms with Gasteiger partial charge in [-0.3, -0.25) is 9.20 Å². The lowest BCUT2D eigenvalue weighted by Crippen LogP contribution is -2.15. The number of hydrogen-bond acceptors (Lipinski definition) is 5. The van der Waals surface area contributed by atoms with Gasteiger partial charge in [0.2, 0.25) is 0 Å². The van der Waals surface area contributed by atoms with E-state index >= 15 is 0 Å². The van der Waals surface area contributed by atoms with Crippen LogP contribution < -0.4 is 4.74 Å². The second-order valence-corrected chi connectivity index (χ2v) is 7.45. The first-order chi connectivity index (χ1) is 14.2. The summed E-state index contributed by atoms with van der Waals surface area (Å²) >= 11 is 0. The third-order valence-corrected chi connectivity index (χ3v) is 5.55. The van der Waals surface area contributed by atoms with Crippen LogP contribution in [0, 0.1) is 0 Å². The van der Waals surface area contributed by atoms with E-state index in [0.29, 0.717) is 18.7 Å². The molecule has 0 aliphatic carbocycles. The van der Waals surface area contributed by atoms with Gasteiger partial charge in [-0.1, -0.05) is 26.0 Å². The molecular weight excluding hydrogens is 368 g/mol. The van der Waals surface area contributed by atoms with Crippen LogP contribution in [0.4, 0.5) is 0 Å². The van der Waals surface area contributed by atoms with Crippen LogP contribution in [0.25, 0.3) is 27.7 Å². The summed E-state index contributed by atoms with van der Waals surface area (Å²) in [5, 5.41) is 0.776. The van der Waals surface area contributed by atoms with Crippen LogP contribution in [0.5, 0.6) is 5.75 Å². The summed E-state index contributed by atoms with van der Waals surface area (Å²) in [5.41, 5.74) is 3.47. The number of nitrogens with zero attached hydrogens (tertiary/aromatic N) is 4. The molecule has 5 rings (SSSR count). The van der Waals surface area contributed by atoms with Crippen LogP contribution in [0.3, 0.4) is 0 Å². The summed E-state index contributed by atoms with van der Waals surface area (Å²) < 4.78 is 15.7. The van der Waals surface area contributed by atoms with E-state index in [1.807, 2.05) is 30.5 Å². The molecular formula is C22H24N4O3. The molecule has 0 unspecified atom stereocenters. The monoisotopic (exact) mass is 392 g/mol. The molecule has 1 atom stereocenters. The van der Waals surface area contributed by atoms with Crippen molar-refractivity contribution < 1.29 is 14.3 Å². The number of benzene rings is 1. The first kappa shape index (κ1) is 18.1. The number of carbonyl (C=O) groups excluding carboxylic acids is 1. The standard InChI is InChI=1S/C22H24N4O3/c1-3-18-24-21-20(22-23-15-9-5-6-10-16(15)26(18)22)17(29-19(27)4-2)13-25(21)12-14-8-7-11-28-14/h5-6,9-10,13-14H,3-4,7-8,11-12H2,1-2H3/t14-/m1/s1. The van der Waals surface area contributed by atoms with Gasteiger partial charge in [-0.25, -0.2) is 9.97 Å². The van der Waals surface area contributed by atoms with Gasteiger partial charge in [-0.15, -0.1) is 0 Å². The lowest BCUT2D eigenvalue weighted by Gasteiger charge is -2.12. The zero-order valence-electron chi connectivity index (χ0n) is 16.7. The Bertz CT molecular complexity index is 1220. The van der Waals surface area contributed by atoms with E-state index in [9.17, 15) is 4.79 Å². The fraction of sp³-hybridized carbons (Fsp3) is 0.409. The maximum absolute atomic E-state index is 12.1. The average Bonchev–Trinajstić information content (AvgIpc) is 3.45. The Hall–Kier alpha value is -2.93. The predicted octanol–water partition coefficient (Wildman–Crippen LogP) is 3.89. The van der Waals surface area contributed by atoms with Crippen molar-refractivity contribution in [2.45, 2.75) is 52.2 Å². The van der Waals surface area contributed by atoms with E-state index < -0.39 is 0 Å². The summed E-state index contributed by atoms with van der Waals surface area (Å²) in [6, 6.07) is 8.02. The Morgan fingerprint density at radius 3 is 2.86 bits per heavy atom. The zero-order valence-corrected chi connectivity index (χ0v) is 16.7. The van der Waals surface area contributed by atoms with Gasteiger partial charge in [-0.2, -0.15) is 0 Å². The molecule has 0 bridgehead atoms. The molecule has 7 heteroatoms.